The SMILES string of the molecule is C=C(C(=O)NCCN1CCC(CCCC)CC1)/C(=C/C)c1ccccc1C(=C)CC(C)C. The highest BCUT2D eigenvalue weighted by Gasteiger charge is 2.20. The molecule has 1 aliphatic heterocycles. The Balaban J connectivity index is 1.91. The molecule has 0 saturated carbocycles. The van der Waals surface area contributed by atoms with Gasteiger partial charge < -0.3 is 10.2 Å². The predicted molar refractivity (Wildman–Crippen MR) is 139 cm³/mol. The first-order valence-corrected chi connectivity index (χ1v) is 12.5. The van der Waals surface area contributed by atoms with E-state index in [1.54, 1.807) is 0 Å². The molecule has 1 heterocycles. The molecule has 1 saturated heterocycles. The number of unbranched alkanes of at least 4 members (excludes halogenated alkanes) is 1. The van der Waals surface area contributed by atoms with Crippen LogP contribution in [0.4, 0.5) is 0 Å². The van der Waals surface area contributed by atoms with Gasteiger partial charge in [0.05, 0.1) is 0 Å². The van der Waals surface area contributed by atoms with Crippen LogP contribution < -0.4 is 5.32 Å². The lowest BCUT2D eigenvalue weighted by atomic mass is 9.88. The molecule has 32 heavy (non-hydrogen) atoms. The van der Waals surface area contributed by atoms with Crippen LogP contribution >= 0.6 is 0 Å². The summed E-state index contributed by atoms with van der Waals surface area (Å²) in [7, 11) is 0. The van der Waals surface area contributed by atoms with Gasteiger partial charge in [0.25, 0.3) is 5.91 Å². The second-order valence-electron chi connectivity index (χ2n) is 9.61. The van der Waals surface area contributed by atoms with E-state index in [1.165, 1.54) is 32.1 Å². The minimum atomic E-state index is -0.0831. The molecular formula is C29H44N2O. The molecule has 1 fully saturated rings. The van der Waals surface area contributed by atoms with Gasteiger partial charge >= 0.3 is 0 Å². The third kappa shape index (κ3) is 7.78. The number of hydrogen-bond acceptors (Lipinski definition) is 2. The standard InChI is InChI=1S/C29H44N2O/c1-7-9-12-25-15-18-31(19-16-25)20-17-30-29(32)24(6)26(8-2)28-14-11-10-13-27(28)23(5)21-22(3)4/h8,10-11,13-14,22,25H,5-7,9,12,15-21H2,1-4H3,(H,30,32)/b26-8-. The van der Waals surface area contributed by atoms with E-state index in [4.69, 9.17) is 0 Å². The molecule has 0 radical (unpaired) electrons. The predicted octanol–water partition coefficient (Wildman–Crippen LogP) is 6.72. The van der Waals surface area contributed by atoms with E-state index in [1.807, 2.05) is 25.1 Å². The van der Waals surface area contributed by atoms with Crippen LogP contribution in [0, 0.1) is 11.8 Å². The molecule has 3 heteroatoms. The molecule has 0 aromatic heterocycles. The Labute approximate surface area is 196 Å². The molecule has 0 unspecified atom stereocenters. The van der Waals surface area contributed by atoms with Gasteiger partial charge in [-0.15, -0.1) is 0 Å². The van der Waals surface area contributed by atoms with E-state index in [9.17, 15) is 4.79 Å². The quantitative estimate of drug-likeness (QED) is 0.291. The van der Waals surface area contributed by atoms with Gasteiger partial charge in [-0.1, -0.05) is 83.5 Å². The summed E-state index contributed by atoms with van der Waals surface area (Å²) in [5.74, 6) is 1.34. The molecule has 0 atom stereocenters. The second-order valence-corrected chi connectivity index (χ2v) is 9.61. The van der Waals surface area contributed by atoms with Crippen molar-refractivity contribution in [2.45, 2.75) is 66.2 Å². The molecule has 1 aromatic carbocycles. The van der Waals surface area contributed by atoms with Crippen molar-refractivity contribution in [3.8, 4) is 0 Å². The number of nitrogens with zero attached hydrogens (tertiary/aromatic N) is 1. The summed E-state index contributed by atoms with van der Waals surface area (Å²) in [5.41, 5.74) is 4.66. The van der Waals surface area contributed by atoms with E-state index < -0.39 is 0 Å². The van der Waals surface area contributed by atoms with Crippen molar-refractivity contribution >= 4 is 17.1 Å². The smallest absolute Gasteiger partial charge is 0.251 e. The van der Waals surface area contributed by atoms with Gasteiger partial charge in [0.2, 0.25) is 0 Å². The average molecular weight is 437 g/mol. The number of rotatable bonds is 12. The molecule has 2 rings (SSSR count). The summed E-state index contributed by atoms with van der Waals surface area (Å²) in [6.45, 7) is 21.0. The maximum atomic E-state index is 12.9. The lowest BCUT2D eigenvalue weighted by Gasteiger charge is -2.32. The number of hydrogen-bond donors (Lipinski definition) is 1. The van der Waals surface area contributed by atoms with Crippen LogP contribution in [0.25, 0.3) is 11.1 Å². The monoisotopic (exact) mass is 436 g/mol. The zero-order chi connectivity index (χ0) is 23.5. The summed E-state index contributed by atoms with van der Waals surface area (Å²) >= 11 is 0. The number of nitrogens with one attached hydrogen (secondary N) is 1. The minimum Gasteiger partial charge on any atom is -0.351 e. The number of piperidine rings is 1. The highest BCUT2D eigenvalue weighted by molar-refractivity contribution is 6.09. The summed E-state index contributed by atoms with van der Waals surface area (Å²) in [6, 6.07) is 8.21. The summed E-state index contributed by atoms with van der Waals surface area (Å²) in [4.78, 5) is 15.4. The van der Waals surface area contributed by atoms with Crippen molar-refractivity contribution in [3.05, 3.63) is 60.2 Å². The molecule has 0 spiro atoms. The van der Waals surface area contributed by atoms with Crippen LogP contribution in [0.15, 0.2) is 49.1 Å². The second kappa shape index (κ2) is 13.4. The fraction of sp³-hybridized carbons (Fsp3) is 0.552. The van der Waals surface area contributed by atoms with Crippen LogP contribution in [0.1, 0.15) is 77.3 Å². The van der Waals surface area contributed by atoms with E-state index in [2.05, 4.69) is 56.3 Å². The van der Waals surface area contributed by atoms with Gasteiger partial charge in [0, 0.05) is 18.7 Å². The summed E-state index contributed by atoms with van der Waals surface area (Å²) in [6.07, 6.45) is 9.52. The third-order valence-corrected chi connectivity index (χ3v) is 6.53. The first kappa shape index (κ1) is 26.1. The largest absolute Gasteiger partial charge is 0.351 e. The Morgan fingerprint density at radius 2 is 1.84 bits per heavy atom. The fourth-order valence-electron chi connectivity index (χ4n) is 4.67. The van der Waals surface area contributed by atoms with Crippen LogP contribution in [0.3, 0.4) is 0 Å². The Hall–Kier alpha value is -2.13. The molecule has 1 aromatic rings. The molecule has 1 aliphatic rings. The topological polar surface area (TPSA) is 32.3 Å². The Morgan fingerprint density at radius 1 is 1.19 bits per heavy atom. The molecule has 176 valence electrons. The van der Waals surface area contributed by atoms with E-state index in [0.717, 1.165) is 54.2 Å². The molecule has 0 aliphatic carbocycles. The summed E-state index contributed by atoms with van der Waals surface area (Å²) in [5, 5.41) is 3.10. The van der Waals surface area contributed by atoms with Gasteiger partial charge in [-0.3, -0.25) is 4.79 Å². The number of carbonyl (C=O) groups is 1. The zero-order valence-electron chi connectivity index (χ0n) is 20.9. The Kier molecular flexibility index (Phi) is 11.0. The number of amides is 1. The lowest BCUT2D eigenvalue weighted by molar-refractivity contribution is -0.117. The maximum absolute atomic E-state index is 12.9. The average Bonchev–Trinajstić information content (AvgIpc) is 2.78. The van der Waals surface area contributed by atoms with E-state index in [-0.39, 0.29) is 5.91 Å². The lowest BCUT2D eigenvalue weighted by Crippen LogP contribution is -2.39. The van der Waals surface area contributed by atoms with Crippen molar-refractivity contribution in [2.24, 2.45) is 11.8 Å². The van der Waals surface area contributed by atoms with E-state index >= 15 is 0 Å². The normalized spacial score (nSPS) is 15.7. The third-order valence-electron chi connectivity index (χ3n) is 6.53. The van der Waals surface area contributed by atoms with Gasteiger partial charge in [0.15, 0.2) is 0 Å². The van der Waals surface area contributed by atoms with Crippen molar-refractivity contribution in [1.29, 1.82) is 0 Å². The van der Waals surface area contributed by atoms with Crippen LogP contribution in [0.5, 0.6) is 0 Å². The van der Waals surface area contributed by atoms with Crippen molar-refractivity contribution in [1.82, 2.24) is 10.2 Å². The highest BCUT2D eigenvalue weighted by atomic mass is 16.1. The Morgan fingerprint density at radius 3 is 2.44 bits per heavy atom. The first-order valence-electron chi connectivity index (χ1n) is 12.5. The van der Waals surface area contributed by atoms with Gasteiger partial charge in [-0.25, -0.2) is 0 Å². The number of benzene rings is 1. The van der Waals surface area contributed by atoms with Crippen molar-refractivity contribution in [3.63, 3.8) is 0 Å². The number of likely N-dealkylation sites (tertiary alicyclic amines) is 1. The fourth-order valence-corrected chi connectivity index (χ4v) is 4.67. The number of allylic oxidation sites excluding steroid dienone is 2. The van der Waals surface area contributed by atoms with Crippen molar-refractivity contribution in [2.75, 3.05) is 26.2 Å². The first-order chi connectivity index (χ1) is 15.4. The highest BCUT2D eigenvalue weighted by Crippen LogP contribution is 2.31. The van der Waals surface area contributed by atoms with Crippen LogP contribution in [-0.4, -0.2) is 37.0 Å². The van der Waals surface area contributed by atoms with Gasteiger partial charge in [-0.2, -0.15) is 0 Å². The van der Waals surface area contributed by atoms with Gasteiger partial charge in [-0.05, 0) is 73.4 Å². The molecule has 0 bridgehead atoms. The Bertz CT molecular complexity index is 797. The summed E-state index contributed by atoms with van der Waals surface area (Å²) < 4.78 is 0. The van der Waals surface area contributed by atoms with Gasteiger partial charge in [0.1, 0.15) is 0 Å². The minimum absolute atomic E-state index is 0.0831. The van der Waals surface area contributed by atoms with Crippen LogP contribution in [0.2, 0.25) is 0 Å². The van der Waals surface area contributed by atoms with Crippen LogP contribution in [-0.2, 0) is 4.79 Å². The van der Waals surface area contributed by atoms with E-state index in [0.29, 0.717) is 18.0 Å². The molecule has 1 amide bonds. The van der Waals surface area contributed by atoms with Crippen molar-refractivity contribution < 1.29 is 4.79 Å². The number of carbonyl (C=O) groups excluding carboxylic acids is 1. The molecule has 3 nitrogen and oxygen atoms in total. The zero-order valence-corrected chi connectivity index (χ0v) is 20.9. The maximum Gasteiger partial charge on any atom is 0.251 e. The molecule has 1 N–H and O–H groups in total. The molecular weight excluding hydrogens is 392 g/mol.